The molecule has 0 bridgehead atoms. The van der Waals surface area contributed by atoms with E-state index >= 15 is 0 Å². The number of rotatable bonds is 5. The van der Waals surface area contributed by atoms with Gasteiger partial charge in [-0.15, -0.1) is 12.4 Å². The highest BCUT2D eigenvalue weighted by Gasteiger charge is 2.40. The molecule has 3 nitrogen and oxygen atoms in total. The molecule has 1 heterocycles. The van der Waals surface area contributed by atoms with E-state index in [-0.39, 0.29) is 23.5 Å². The number of benzene rings is 1. The second-order valence-electron chi connectivity index (χ2n) is 7.15. The van der Waals surface area contributed by atoms with Crippen LogP contribution in [-0.2, 0) is 0 Å². The Hall–Kier alpha value is -0.930. The highest BCUT2D eigenvalue weighted by Crippen LogP contribution is 2.37. The number of nitrogens with zero attached hydrogens (tertiary/aromatic N) is 1. The van der Waals surface area contributed by atoms with E-state index in [2.05, 4.69) is 32.6 Å². The van der Waals surface area contributed by atoms with Crippen LogP contribution in [0, 0.1) is 0 Å². The van der Waals surface area contributed by atoms with E-state index in [0.717, 1.165) is 24.7 Å². The molecular formula is C18H30ClNO2. The first-order valence-electron chi connectivity index (χ1n) is 7.90. The van der Waals surface area contributed by atoms with Crippen LogP contribution in [0.5, 0.6) is 11.5 Å². The minimum Gasteiger partial charge on any atom is -0.497 e. The Labute approximate surface area is 141 Å². The number of hydrogen-bond acceptors (Lipinski definition) is 3. The molecule has 1 aromatic carbocycles. The standard InChI is InChI=1S/C18H29NO2.ClH/c1-17(2)11-6-12-18(3,4)19(17)13-14-21-16-9-7-15(20-5)8-10-16;/h7-10H,6,11-14H2,1-5H3;1H. The van der Waals surface area contributed by atoms with Crippen molar-refractivity contribution in [3.63, 3.8) is 0 Å². The summed E-state index contributed by atoms with van der Waals surface area (Å²) in [6, 6.07) is 7.80. The molecule has 4 heteroatoms. The molecule has 1 fully saturated rings. The maximum atomic E-state index is 5.90. The number of likely N-dealkylation sites (tertiary alicyclic amines) is 1. The van der Waals surface area contributed by atoms with E-state index in [4.69, 9.17) is 9.47 Å². The van der Waals surface area contributed by atoms with E-state index in [0.29, 0.717) is 0 Å². The summed E-state index contributed by atoms with van der Waals surface area (Å²) in [4.78, 5) is 2.60. The van der Waals surface area contributed by atoms with Gasteiger partial charge < -0.3 is 9.47 Å². The average Bonchev–Trinajstić information content (AvgIpc) is 2.42. The summed E-state index contributed by atoms with van der Waals surface area (Å²) in [5, 5.41) is 0. The van der Waals surface area contributed by atoms with Crippen LogP contribution in [0.25, 0.3) is 0 Å². The Kier molecular flexibility index (Phi) is 6.57. The quantitative estimate of drug-likeness (QED) is 0.792. The molecule has 0 saturated carbocycles. The van der Waals surface area contributed by atoms with Crippen LogP contribution in [-0.4, -0.2) is 36.2 Å². The van der Waals surface area contributed by atoms with Gasteiger partial charge in [0.25, 0.3) is 0 Å². The molecule has 0 N–H and O–H groups in total. The molecule has 126 valence electrons. The maximum absolute atomic E-state index is 5.90. The Morgan fingerprint density at radius 2 is 1.45 bits per heavy atom. The molecule has 0 spiro atoms. The Bertz CT molecular complexity index is 441. The SMILES string of the molecule is COc1ccc(OCCN2C(C)(C)CCCC2(C)C)cc1.Cl. The zero-order valence-electron chi connectivity index (χ0n) is 14.5. The third kappa shape index (κ3) is 4.53. The van der Waals surface area contributed by atoms with Crippen LogP contribution in [0.2, 0.25) is 0 Å². The van der Waals surface area contributed by atoms with Gasteiger partial charge in [0.05, 0.1) is 7.11 Å². The van der Waals surface area contributed by atoms with Gasteiger partial charge in [-0.2, -0.15) is 0 Å². The molecule has 2 rings (SSSR count). The van der Waals surface area contributed by atoms with E-state index in [1.165, 1.54) is 19.3 Å². The lowest BCUT2D eigenvalue weighted by Crippen LogP contribution is -2.59. The van der Waals surface area contributed by atoms with Crippen LogP contribution < -0.4 is 9.47 Å². The van der Waals surface area contributed by atoms with Crippen molar-refractivity contribution < 1.29 is 9.47 Å². The molecular weight excluding hydrogens is 298 g/mol. The van der Waals surface area contributed by atoms with Gasteiger partial charge in [0, 0.05) is 17.6 Å². The molecule has 1 aliphatic rings. The molecule has 1 aromatic rings. The summed E-state index contributed by atoms with van der Waals surface area (Å²) in [5.74, 6) is 1.77. The number of halogens is 1. The third-order valence-electron chi connectivity index (χ3n) is 4.68. The van der Waals surface area contributed by atoms with Gasteiger partial charge in [0.15, 0.2) is 0 Å². The first kappa shape index (κ1) is 19.1. The number of ether oxygens (including phenoxy) is 2. The minimum atomic E-state index is 0. The zero-order chi connectivity index (χ0) is 15.5. The van der Waals surface area contributed by atoms with Gasteiger partial charge in [-0.3, -0.25) is 4.90 Å². The fraction of sp³-hybridized carbons (Fsp3) is 0.667. The first-order chi connectivity index (χ1) is 9.85. The topological polar surface area (TPSA) is 21.7 Å². The van der Waals surface area contributed by atoms with Gasteiger partial charge >= 0.3 is 0 Å². The van der Waals surface area contributed by atoms with Gasteiger partial charge in [0.1, 0.15) is 18.1 Å². The average molecular weight is 328 g/mol. The molecule has 0 aliphatic carbocycles. The number of methoxy groups -OCH3 is 1. The third-order valence-corrected chi connectivity index (χ3v) is 4.68. The van der Waals surface area contributed by atoms with Crippen LogP contribution >= 0.6 is 12.4 Å². The Balaban J connectivity index is 0.00000242. The molecule has 0 unspecified atom stereocenters. The van der Waals surface area contributed by atoms with Crippen molar-refractivity contribution >= 4 is 12.4 Å². The van der Waals surface area contributed by atoms with Crippen molar-refractivity contribution in [3.05, 3.63) is 24.3 Å². The maximum Gasteiger partial charge on any atom is 0.119 e. The van der Waals surface area contributed by atoms with Gasteiger partial charge in [-0.05, 0) is 71.2 Å². The molecule has 0 atom stereocenters. The highest BCUT2D eigenvalue weighted by molar-refractivity contribution is 5.85. The van der Waals surface area contributed by atoms with E-state index in [9.17, 15) is 0 Å². The summed E-state index contributed by atoms with van der Waals surface area (Å²) in [6.07, 6.45) is 3.84. The lowest BCUT2D eigenvalue weighted by Gasteiger charge is -2.53. The minimum absolute atomic E-state index is 0. The summed E-state index contributed by atoms with van der Waals surface area (Å²) < 4.78 is 11.1. The second-order valence-corrected chi connectivity index (χ2v) is 7.15. The molecule has 1 saturated heterocycles. The summed E-state index contributed by atoms with van der Waals surface area (Å²) >= 11 is 0. The molecule has 1 aliphatic heterocycles. The van der Waals surface area contributed by atoms with Crippen molar-refractivity contribution in [2.75, 3.05) is 20.3 Å². The highest BCUT2D eigenvalue weighted by atomic mass is 35.5. The van der Waals surface area contributed by atoms with Gasteiger partial charge in [0.2, 0.25) is 0 Å². The summed E-state index contributed by atoms with van der Waals surface area (Å²) in [5.41, 5.74) is 0.510. The lowest BCUT2D eigenvalue weighted by molar-refractivity contribution is -0.0340. The second kappa shape index (κ2) is 7.56. The van der Waals surface area contributed by atoms with Crippen molar-refractivity contribution in [2.24, 2.45) is 0 Å². The van der Waals surface area contributed by atoms with Crippen molar-refractivity contribution in [3.8, 4) is 11.5 Å². The summed E-state index contributed by atoms with van der Waals surface area (Å²) in [6.45, 7) is 11.1. The number of piperidine rings is 1. The van der Waals surface area contributed by atoms with E-state index in [1.54, 1.807) is 7.11 Å². The van der Waals surface area contributed by atoms with Crippen molar-refractivity contribution in [2.45, 2.75) is 58.0 Å². The van der Waals surface area contributed by atoms with Crippen LogP contribution in [0.3, 0.4) is 0 Å². The fourth-order valence-corrected chi connectivity index (χ4v) is 3.57. The Morgan fingerprint density at radius 3 is 1.95 bits per heavy atom. The van der Waals surface area contributed by atoms with E-state index < -0.39 is 0 Å². The molecule has 0 aromatic heterocycles. The first-order valence-corrected chi connectivity index (χ1v) is 7.90. The normalized spacial score (nSPS) is 20.0. The number of hydrogen-bond donors (Lipinski definition) is 0. The largest absolute Gasteiger partial charge is 0.497 e. The fourth-order valence-electron chi connectivity index (χ4n) is 3.57. The molecule has 22 heavy (non-hydrogen) atoms. The lowest BCUT2D eigenvalue weighted by atomic mass is 9.80. The predicted octanol–water partition coefficient (Wildman–Crippen LogP) is 4.54. The van der Waals surface area contributed by atoms with Crippen LogP contribution in [0.4, 0.5) is 0 Å². The van der Waals surface area contributed by atoms with Crippen molar-refractivity contribution in [1.82, 2.24) is 4.90 Å². The Morgan fingerprint density at radius 1 is 0.955 bits per heavy atom. The van der Waals surface area contributed by atoms with Crippen LogP contribution in [0.15, 0.2) is 24.3 Å². The monoisotopic (exact) mass is 327 g/mol. The summed E-state index contributed by atoms with van der Waals surface area (Å²) in [7, 11) is 1.68. The van der Waals surface area contributed by atoms with Crippen LogP contribution in [0.1, 0.15) is 47.0 Å². The molecule has 0 radical (unpaired) electrons. The van der Waals surface area contributed by atoms with Crippen molar-refractivity contribution in [1.29, 1.82) is 0 Å². The van der Waals surface area contributed by atoms with Gasteiger partial charge in [-0.1, -0.05) is 0 Å². The molecule has 0 amide bonds. The smallest absolute Gasteiger partial charge is 0.119 e. The van der Waals surface area contributed by atoms with Gasteiger partial charge in [-0.25, -0.2) is 0 Å². The van der Waals surface area contributed by atoms with E-state index in [1.807, 2.05) is 24.3 Å². The predicted molar refractivity (Wildman–Crippen MR) is 94.5 cm³/mol. The zero-order valence-corrected chi connectivity index (χ0v) is 15.3.